The van der Waals surface area contributed by atoms with Gasteiger partial charge in [0.25, 0.3) is 0 Å². The molecule has 6 nitrogen and oxygen atoms in total. The summed E-state index contributed by atoms with van der Waals surface area (Å²) in [5, 5.41) is 11.6. The third-order valence-electron chi connectivity index (χ3n) is 7.70. The zero-order valence-corrected chi connectivity index (χ0v) is 20.9. The van der Waals surface area contributed by atoms with Crippen LogP contribution in [-0.4, -0.2) is 37.7 Å². The summed E-state index contributed by atoms with van der Waals surface area (Å²) in [6.45, 7) is 4.52. The summed E-state index contributed by atoms with van der Waals surface area (Å²) >= 11 is 0. The van der Waals surface area contributed by atoms with E-state index in [1.54, 1.807) is 12.5 Å². The Bertz CT molecular complexity index is 1200. The monoisotopic (exact) mass is 498 g/mol. The Balaban J connectivity index is 1.34. The van der Waals surface area contributed by atoms with Crippen LogP contribution in [0.4, 0.5) is 18.9 Å². The molecule has 1 aliphatic carbocycles. The van der Waals surface area contributed by atoms with Gasteiger partial charge < -0.3 is 9.88 Å². The van der Waals surface area contributed by atoms with Gasteiger partial charge in [0.1, 0.15) is 12.2 Å². The number of anilines is 1. The first-order valence-corrected chi connectivity index (χ1v) is 12.7. The van der Waals surface area contributed by atoms with Gasteiger partial charge in [-0.3, -0.25) is 9.88 Å². The summed E-state index contributed by atoms with van der Waals surface area (Å²) < 4.78 is 43.9. The maximum absolute atomic E-state index is 14.0. The van der Waals surface area contributed by atoms with Gasteiger partial charge in [-0.15, -0.1) is 10.2 Å². The number of halogens is 3. The minimum absolute atomic E-state index is 0.00369. The highest BCUT2D eigenvalue weighted by Crippen LogP contribution is 2.48. The number of nitrogens with one attached hydrogen (secondary N) is 1. The number of nitrogens with zero attached hydrogens (tertiary/aromatic N) is 5. The fourth-order valence-electron chi connectivity index (χ4n) is 5.70. The van der Waals surface area contributed by atoms with E-state index in [4.69, 9.17) is 0 Å². The quantitative estimate of drug-likeness (QED) is 0.463. The highest BCUT2D eigenvalue weighted by atomic mass is 19.4. The predicted molar refractivity (Wildman–Crippen MR) is 132 cm³/mol. The van der Waals surface area contributed by atoms with Gasteiger partial charge in [0, 0.05) is 32.0 Å². The van der Waals surface area contributed by atoms with Gasteiger partial charge in [-0.05, 0) is 67.5 Å². The largest absolute Gasteiger partial charge is 0.418 e. The van der Waals surface area contributed by atoms with Crippen LogP contribution in [0.3, 0.4) is 0 Å². The molecule has 0 spiro atoms. The third kappa shape index (κ3) is 4.98. The predicted octanol–water partition coefficient (Wildman–Crippen LogP) is 5.54. The molecule has 1 N–H and O–H groups in total. The Kier molecular flexibility index (Phi) is 6.76. The second-order valence-electron chi connectivity index (χ2n) is 10.5. The van der Waals surface area contributed by atoms with Crippen LogP contribution in [-0.2, 0) is 31.7 Å². The molecule has 3 heterocycles. The SMILES string of the molecule is C[C@H]1CCCN(Cc2cnc(CNc3cccc(C4(c5nncn5C)CCC4)c3)c(C(F)(F)F)c2)C1. The number of rotatable bonds is 7. The minimum Gasteiger partial charge on any atom is -0.379 e. The normalized spacial score (nSPS) is 20.2. The topological polar surface area (TPSA) is 58.9 Å². The van der Waals surface area contributed by atoms with E-state index in [1.165, 1.54) is 12.5 Å². The molecule has 0 unspecified atom stereocenters. The summed E-state index contributed by atoms with van der Waals surface area (Å²) in [7, 11) is 1.94. The maximum Gasteiger partial charge on any atom is 0.418 e. The molecule has 192 valence electrons. The minimum atomic E-state index is -4.46. The van der Waals surface area contributed by atoms with Crippen LogP contribution in [0.15, 0.2) is 42.9 Å². The van der Waals surface area contributed by atoms with E-state index in [1.807, 2.05) is 29.8 Å². The lowest BCUT2D eigenvalue weighted by atomic mass is 9.63. The zero-order chi connectivity index (χ0) is 25.3. The van der Waals surface area contributed by atoms with Crippen molar-refractivity contribution in [1.82, 2.24) is 24.6 Å². The number of piperidine rings is 1. The fourth-order valence-corrected chi connectivity index (χ4v) is 5.70. The number of hydrogen-bond acceptors (Lipinski definition) is 5. The van der Waals surface area contributed by atoms with Gasteiger partial charge in [-0.25, -0.2) is 0 Å². The molecule has 1 atom stereocenters. The molecule has 36 heavy (non-hydrogen) atoms. The molecular weight excluding hydrogens is 465 g/mol. The summed E-state index contributed by atoms with van der Waals surface area (Å²) in [6, 6.07) is 9.18. The van der Waals surface area contributed by atoms with Gasteiger partial charge in [0.15, 0.2) is 0 Å². The van der Waals surface area contributed by atoms with Crippen LogP contribution in [0.25, 0.3) is 0 Å². The van der Waals surface area contributed by atoms with Crippen LogP contribution in [0.1, 0.15) is 67.2 Å². The van der Waals surface area contributed by atoms with Crippen LogP contribution >= 0.6 is 0 Å². The second-order valence-corrected chi connectivity index (χ2v) is 10.5. The lowest BCUT2D eigenvalue weighted by Gasteiger charge is -2.41. The Hall–Kier alpha value is -2.94. The summed E-state index contributed by atoms with van der Waals surface area (Å²) in [4.78, 5) is 6.49. The smallest absolute Gasteiger partial charge is 0.379 e. The van der Waals surface area contributed by atoms with Crippen molar-refractivity contribution in [1.29, 1.82) is 0 Å². The van der Waals surface area contributed by atoms with Crippen molar-refractivity contribution in [3.8, 4) is 0 Å². The average molecular weight is 499 g/mol. The molecule has 0 amide bonds. The Morgan fingerprint density at radius 2 is 2.00 bits per heavy atom. The number of hydrogen-bond donors (Lipinski definition) is 1. The molecule has 0 bridgehead atoms. The molecule has 1 saturated heterocycles. The standard InChI is InChI=1S/C27H33F3N6/c1-19-6-4-11-36(16-19)17-20-12-23(27(28,29)30)24(32-14-20)15-31-22-8-3-7-21(13-22)26(9-5-10-26)25-34-33-18-35(25)2/h3,7-8,12-14,18-19,31H,4-6,9-11,15-17H2,1-2H3/t19-/m0/s1. The van der Waals surface area contributed by atoms with Crippen LogP contribution in [0.5, 0.6) is 0 Å². The molecule has 0 radical (unpaired) electrons. The van der Waals surface area contributed by atoms with Crippen molar-refractivity contribution in [2.24, 2.45) is 13.0 Å². The van der Waals surface area contributed by atoms with E-state index in [0.29, 0.717) is 18.0 Å². The molecule has 3 aromatic rings. The average Bonchev–Trinajstić information content (AvgIpc) is 3.23. The molecule has 2 fully saturated rings. The first-order valence-electron chi connectivity index (χ1n) is 12.7. The Labute approximate surface area is 209 Å². The lowest BCUT2D eigenvalue weighted by Crippen LogP contribution is -2.38. The van der Waals surface area contributed by atoms with Gasteiger partial charge in [0.05, 0.1) is 23.2 Å². The van der Waals surface area contributed by atoms with Crippen molar-refractivity contribution in [2.45, 2.75) is 63.7 Å². The molecule has 2 aliphatic rings. The molecule has 1 aromatic carbocycles. The van der Waals surface area contributed by atoms with Gasteiger partial charge in [0.2, 0.25) is 0 Å². The molecule has 9 heteroatoms. The number of aromatic nitrogens is 4. The summed E-state index contributed by atoms with van der Waals surface area (Å²) in [5.74, 6) is 1.49. The van der Waals surface area contributed by atoms with E-state index in [0.717, 1.165) is 55.8 Å². The van der Waals surface area contributed by atoms with Crippen LogP contribution < -0.4 is 5.32 Å². The van der Waals surface area contributed by atoms with Gasteiger partial charge >= 0.3 is 6.18 Å². The van der Waals surface area contributed by atoms with E-state index in [-0.39, 0.29) is 17.7 Å². The molecule has 2 aromatic heterocycles. The van der Waals surface area contributed by atoms with Crippen molar-refractivity contribution < 1.29 is 13.2 Å². The number of alkyl halides is 3. The van der Waals surface area contributed by atoms with E-state index in [2.05, 4.69) is 38.4 Å². The molecule has 5 rings (SSSR count). The molecule has 1 saturated carbocycles. The lowest BCUT2D eigenvalue weighted by molar-refractivity contribution is -0.138. The van der Waals surface area contributed by atoms with Crippen LogP contribution in [0, 0.1) is 5.92 Å². The number of aryl methyl sites for hydroxylation is 1. The van der Waals surface area contributed by atoms with Crippen molar-refractivity contribution >= 4 is 5.69 Å². The van der Waals surface area contributed by atoms with E-state index >= 15 is 0 Å². The first-order chi connectivity index (χ1) is 17.2. The number of benzene rings is 1. The third-order valence-corrected chi connectivity index (χ3v) is 7.70. The van der Waals surface area contributed by atoms with Crippen molar-refractivity contribution in [2.75, 3.05) is 18.4 Å². The van der Waals surface area contributed by atoms with Crippen molar-refractivity contribution in [3.05, 3.63) is 71.1 Å². The molecule has 1 aliphatic heterocycles. The van der Waals surface area contributed by atoms with Gasteiger partial charge in [-0.1, -0.05) is 25.5 Å². The zero-order valence-electron chi connectivity index (χ0n) is 20.9. The van der Waals surface area contributed by atoms with E-state index in [9.17, 15) is 13.2 Å². The fraction of sp³-hybridized carbons (Fsp3) is 0.519. The van der Waals surface area contributed by atoms with Crippen molar-refractivity contribution in [3.63, 3.8) is 0 Å². The first kappa shape index (κ1) is 24.7. The summed E-state index contributed by atoms with van der Waals surface area (Å²) in [6.07, 6.45) is 4.15. The number of pyridine rings is 1. The highest BCUT2D eigenvalue weighted by Gasteiger charge is 2.44. The molecular formula is C27H33F3N6. The Morgan fingerprint density at radius 3 is 2.67 bits per heavy atom. The van der Waals surface area contributed by atoms with Crippen LogP contribution in [0.2, 0.25) is 0 Å². The number of likely N-dealkylation sites (tertiary alicyclic amines) is 1. The Morgan fingerprint density at radius 1 is 1.17 bits per heavy atom. The second kappa shape index (κ2) is 9.84. The summed E-state index contributed by atoms with van der Waals surface area (Å²) in [5.41, 5.74) is 1.62. The maximum atomic E-state index is 14.0. The van der Waals surface area contributed by atoms with Gasteiger partial charge in [-0.2, -0.15) is 13.2 Å². The highest BCUT2D eigenvalue weighted by molar-refractivity contribution is 5.50. The van der Waals surface area contributed by atoms with E-state index < -0.39 is 11.7 Å².